The van der Waals surface area contributed by atoms with Gasteiger partial charge < -0.3 is 9.32 Å². The molecule has 0 fully saturated rings. The van der Waals surface area contributed by atoms with Gasteiger partial charge >= 0.3 is 0 Å². The Hall–Kier alpha value is -2.27. The lowest BCUT2D eigenvalue weighted by Gasteiger charge is -2.22. The van der Waals surface area contributed by atoms with Gasteiger partial charge in [0.1, 0.15) is 0 Å². The van der Waals surface area contributed by atoms with Gasteiger partial charge in [-0.1, -0.05) is 49.4 Å². The fraction of sp³-hybridized carbons (Fsp3) is 0.300. The van der Waals surface area contributed by atoms with E-state index in [1.807, 2.05) is 30.0 Å². The summed E-state index contributed by atoms with van der Waals surface area (Å²) in [7, 11) is 0. The van der Waals surface area contributed by atoms with E-state index in [2.05, 4.69) is 58.4 Å². The van der Waals surface area contributed by atoms with Gasteiger partial charge in [0.2, 0.25) is 11.8 Å². The van der Waals surface area contributed by atoms with Crippen molar-refractivity contribution in [2.45, 2.75) is 36.5 Å². The van der Waals surface area contributed by atoms with Gasteiger partial charge in [-0.15, -0.1) is 22.0 Å². The highest BCUT2D eigenvalue weighted by molar-refractivity contribution is 8.00. The van der Waals surface area contributed by atoms with Crippen LogP contribution in [0.25, 0.3) is 0 Å². The van der Waals surface area contributed by atoms with Crippen LogP contribution in [0.2, 0.25) is 0 Å². The van der Waals surface area contributed by atoms with Crippen LogP contribution in [0.3, 0.4) is 0 Å². The predicted molar refractivity (Wildman–Crippen MR) is 101 cm³/mol. The van der Waals surface area contributed by atoms with Crippen molar-refractivity contribution in [3.05, 3.63) is 71.9 Å². The molecule has 1 unspecified atom stereocenters. The normalized spacial score (nSPS) is 17.2. The molecule has 0 radical (unpaired) electrons. The fourth-order valence-corrected chi connectivity index (χ4v) is 4.21. The molecule has 1 aromatic heterocycles. The Morgan fingerprint density at radius 2 is 1.80 bits per heavy atom. The van der Waals surface area contributed by atoms with E-state index in [9.17, 15) is 0 Å². The summed E-state index contributed by atoms with van der Waals surface area (Å²) in [6, 6.07) is 18.8. The molecule has 0 bridgehead atoms. The van der Waals surface area contributed by atoms with Crippen LogP contribution in [0.5, 0.6) is 0 Å². The molecule has 4 nitrogen and oxygen atoms in total. The van der Waals surface area contributed by atoms with E-state index in [0.717, 1.165) is 13.0 Å². The zero-order valence-corrected chi connectivity index (χ0v) is 15.1. The third-order valence-electron chi connectivity index (χ3n) is 4.37. The van der Waals surface area contributed by atoms with Crippen LogP contribution in [-0.4, -0.2) is 22.0 Å². The second-order valence-electron chi connectivity index (χ2n) is 6.36. The monoisotopic (exact) mass is 351 g/mol. The van der Waals surface area contributed by atoms with Crippen LogP contribution in [-0.2, 0) is 13.0 Å². The van der Waals surface area contributed by atoms with E-state index < -0.39 is 0 Å². The number of fused-ring (bicyclic) bond motifs is 1. The second-order valence-corrected chi connectivity index (χ2v) is 7.84. The molecule has 25 heavy (non-hydrogen) atoms. The van der Waals surface area contributed by atoms with E-state index in [1.54, 1.807) is 0 Å². The largest absolute Gasteiger partial charge is 0.423 e. The average molecular weight is 351 g/mol. The van der Waals surface area contributed by atoms with E-state index in [-0.39, 0.29) is 0 Å². The minimum atomic E-state index is 0.613. The summed E-state index contributed by atoms with van der Waals surface area (Å²) in [5, 5.41) is 9.10. The van der Waals surface area contributed by atoms with Crippen LogP contribution < -0.4 is 4.90 Å². The van der Waals surface area contributed by atoms with E-state index in [0.29, 0.717) is 30.0 Å². The number of nitrogens with zero attached hydrogens (tertiary/aromatic N) is 3. The summed E-state index contributed by atoms with van der Waals surface area (Å²) in [5.74, 6) is 1.35. The van der Waals surface area contributed by atoms with E-state index in [1.165, 1.54) is 16.1 Å². The molecule has 1 aliphatic heterocycles. The van der Waals surface area contributed by atoms with Gasteiger partial charge in [-0.3, -0.25) is 0 Å². The molecule has 5 heteroatoms. The maximum atomic E-state index is 5.90. The molecule has 4 rings (SSSR count). The Bertz CT molecular complexity index is 834. The van der Waals surface area contributed by atoms with Crippen molar-refractivity contribution < 1.29 is 4.42 Å². The Morgan fingerprint density at radius 1 is 1.04 bits per heavy atom. The molecule has 0 amide bonds. The number of anilines is 1. The Labute approximate surface area is 152 Å². The highest BCUT2D eigenvalue weighted by atomic mass is 32.2. The van der Waals surface area contributed by atoms with Gasteiger partial charge in [-0.25, -0.2) is 0 Å². The number of hydrogen-bond acceptors (Lipinski definition) is 5. The maximum Gasteiger partial charge on any atom is 0.235 e. The van der Waals surface area contributed by atoms with Crippen molar-refractivity contribution in [3.8, 4) is 0 Å². The van der Waals surface area contributed by atoms with Crippen LogP contribution >= 0.6 is 11.8 Å². The number of rotatable bonds is 4. The third-order valence-corrected chi connectivity index (χ3v) is 5.61. The van der Waals surface area contributed by atoms with Crippen molar-refractivity contribution in [2.75, 3.05) is 11.4 Å². The molecule has 0 saturated carbocycles. The van der Waals surface area contributed by atoms with Gasteiger partial charge in [0.05, 0.1) is 18.7 Å². The number of benzene rings is 2. The molecule has 2 aromatic carbocycles. The summed E-state index contributed by atoms with van der Waals surface area (Å²) in [6.45, 7) is 3.95. The first-order valence-corrected chi connectivity index (χ1v) is 9.52. The van der Waals surface area contributed by atoms with Crippen molar-refractivity contribution in [1.82, 2.24) is 10.2 Å². The van der Waals surface area contributed by atoms with Gasteiger partial charge in [0.15, 0.2) is 0 Å². The molecule has 2 heterocycles. The zero-order valence-electron chi connectivity index (χ0n) is 14.3. The molecule has 0 aliphatic carbocycles. The molecule has 128 valence electrons. The summed E-state index contributed by atoms with van der Waals surface area (Å²) in [5.41, 5.74) is 2.45. The molecule has 0 N–H and O–H groups in total. The highest BCUT2D eigenvalue weighted by Crippen LogP contribution is 2.37. The number of thioether (sulfide) groups is 1. The third kappa shape index (κ3) is 3.87. The summed E-state index contributed by atoms with van der Waals surface area (Å²) >= 11 is 1.95. The average Bonchev–Trinajstić information content (AvgIpc) is 3.00. The molecular formula is C20H21N3OS. The molecule has 0 spiro atoms. The van der Waals surface area contributed by atoms with E-state index in [4.69, 9.17) is 4.42 Å². The van der Waals surface area contributed by atoms with E-state index >= 15 is 0 Å². The standard InChI is InChI=1S/C20H21N3OS/c1-15-11-12-23(17-9-5-6-10-18(17)25-15)14-20-22-21-19(24-20)13-16-7-3-2-4-8-16/h2-10,15H,11-14H2,1H3. The van der Waals surface area contributed by atoms with Crippen LogP contribution in [0, 0.1) is 0 Å². The quantitative estimate of drug-likeness (QED) is 0.690. The lowest BCUT2D eigenvalue weighted by atomic mass is 10.2. The Balaban J connectivity index is 1.51. The summed E-state index contributed by atoms with van der Waals surface area (Å²) in [6.07, 6.45) is 1.82. The summed E-state index contributed by atoms with van der Waals surface area (Å²) in [4.78, 5) is 3.68. The van der Waals surface area contributed by atoms with Crippen molar-refractivity contribution in [2.24, 2.45) is 0 Å². The first-order chi connectivity index (χ1) is 12.3. The van der Waals surface area contributed by atoms with Gasteiger partial charge in [-0.2, -0.15) is 0 Å². The number of para-hydroxylation sites is 1. The Kier molecular flexibility index (Phi) is 4.74. The fourth-order valence-electron chi connectivity index (χ4n) is 3.07. The molecule has 1 aliphatic rings. The van der Waals surface area contributed by atoms with Gasteiger partial charge in [0.25, 0.3) is 0 Å². The van der Waals surface area contributed by atoms with Crippen LogP contribution in [0.4, 0.5) is 5.69 Å². The van der Waals surface area contributed by atoms with Crippen molar-refractivity contribution in [3.63, 3.8) is 0 Å². The molecule has 1 atom stereocenters. The Morgan fingerprint density at radius 3 is 2.68 bits per heavy atom. The second kappa shape index (κ2) is 7.31. The predicted octanol–water partition coefficient (Wildman–Crippen LogP) is 4.55. The van der Waals surface area contributed by atoms with Gasteiger partial charge in [-0.05, 0) is 24.1 Å². The zero-order chi connectivity index (χ0) is 17.1. The van der Waals surface area contributed by atoms with Gasteiger partial charge in [0, 0.05) is 16.7 Å². The van der Waals surface area contributed by atoms with Crippen molar-refractivity contribution >= 4 is 17.4 Å². The minimum Gasteiger partial charge on any atom is -0.423 e. The number of hydrogen-bond donors (Lipinski definition) is 0. The maximum absolute atomic E-state index is 5.90. The highest BCUT2D eigenvalue weighted by Gasteiger charge is 2.21. The first-order valence-electron chi connectivity index (χ1n) is 8.64. The first kappa shape index (κ1) is 16.2. The lowest BCUT2D eigenvalue weighted by molar-refractivity contribution is 0.451. The van der Waals surface area contributed by atoms with Crippen LogP contribution in [0.15, 0.2) is 63.9 Å². The number of aromatic nitrogens is 2. The smallest absolute Gasteiger partial charge is 0.235 e. The lowest BCUT2D eigenvalue weighted by Crippen LogP contribution is -2.24. The molecule has 0 saturated heterocycles. The summed E-state index contributed by atoms with van der Waals surface area (Å²) < 4.78 is 5.90. The minimum absolute atomic E-state index is 0.613. The SMILES string of the molecule is CC1CCN(Cc2nnc(Cc3ccccc3)o2)c2ccccc2S1. The van der Waals surface area contributed by atoms with Crippen molar-refractivity contribution in [1.29, 1.82) is 0 Å². The molecule has 3 aromatic rings. The topological polar surface area (TPSA) is 42.2 Å². The van der Waals surface area contributed by atoms with Crippen LogP contribution in [0.1, 0.15) is 30.7 Å². The molecular weight excluding hydrogens is 330 g/mol.